The standard InChI is InChI=1S/C18H20N2O3/c1-22-16-6-14(7-17(8-16)23-2)18(21)20-9-12-3-4-13-10-19-11-15(13)5-12/h3-8,19H,9-11H2,1-2H3,(H,20,21). The van der Waals surface area contributed by atoms with Crippen molar-refractivity contribution in [3.05, 3.63) is 58.7 Å². The summed E-state index contributed by atoms with van der Waals surface area (Å²) in [6.07, 6.45) is 0. The molecule has 5 heteroatoms. The van der Waals surface area contributed by atoms with E-state index in [9.17, 15) is 4.79 Å². The summed E-state index contributed by atoms with van der Waals surface area (Å²) >= 11 is 0. The summed E-state index contributed by atoms with van der Waals surface area (Å²) in [6, 6.07) is 11.4. The van der Waals surface area contributed by atoms with Crippen LogP contribution in [0.2, 0.25) is 0 Å². The van der Waals surface area contributed by atoms with Crippen LogP contribution in [0.15, 0.2) is 36.4 Å². The van der Waals surface area contributed by atoms with E-state index < -0.39 is 0 Å². The number of benzene rings is 2. The molecule has 1 amide bonds. The second kappa shape index (κ2) is 6.71. The molecule has 0 radical (unpaired) electrons. The number of ether oxygens (including phenoxy) is 2. The molecule has 0 saturated carbocycles. The molecule has 1 aliphatic rings. The quantitative estimate of drug-likeness (QED) is 0.889. The highest BCUT2D eigenvalue weighted by Crippen LogP contribution is 2.22. The summed E-state index contributed by atoms with van der Waals surface area (Å²) in [5.41, 5.74) is 4.25. The summed E-state index contributed by atoms with van der Waals surface area (Å²) in [5, 5.41) is 6.25. The first-order valence-corrected chi connectivity index (χ1v) is 7.52. The average Bonchev–Trinajstić information content (AvgIpc) is 3.06. The van der Waals surface area contributed by atoms with Crippen molar-refractivity contribution in [3.63, 3.8) is 0 Å². The Balaban J connectivity index is 1.69. The lowest BCUT2D eigenvalue weighted by Gasteiger charge is -2.10. The zero-order valence-corrected chi connectivity index (χ0v) is 13.3. The van der Waals surface area contributed by atoms with Crippen molar-refractivity contribution in [1.82, 2.24) is 10.6 Å². The molecule has 0 saturated heterocycles. The second-order valence-electron chi connectivity index (χ2n) is 5.49. The van der Waals surface area contributed by atoms with Crippen molar-refractivity contribution in [2.24, 2.45) is 0 Å². The predicted molar refractivity (Wildman–Crippen MR) is 87.7 cm³/mol. The third-order valence-electron chi connectivity index (χ3n) is 3.97. The third-order valence-corrected chi connectivity index (χ3v) is 3.97. The molecule has 2 aromatic carbocycles. The molecule has 3 rings (SSSR count). The Morgan fingerprint density at radius 2 is 1.74 bits per heavy atom. The molecule has 120 valence electrons. The molecule has 0 bridgehead atoms. The molecular formula is C18H20N2O3. The lowest BCUT2D eigenvalue weighted by atomic mass is 10.1. The summed E-state index contributed by atoms with van der Waals surface area (Å²) in [4.78, 5) is 12.4. The Labute approximate surface area is 135 Å². The Morgan fingerprint density at radius 3 is 2.43 bits per heavy atom. The maximum Gasteiger partial charge on any atom is 0.251 e. The predicted octanol–water partition coefficient (Wildman–Crippen LogP) is 2.24. The molecule has 0 atom stereocenters. The molecular weight excluding hydrogens is 292 g/mol. The zero-order valence-electron chi connectivity index (χ0n) is 13.3. The normalized spacial score (nSPS) is 12.6. The van der Waals surface area contributed by atoms with Crippen LogP contribution in [0.1, 0.15) is 27.0 Å². The van der Waals surface area contributed by atoms with E-state index in [0.717, 1.165) is 18.7 Å². The van der Waals surface area contributed by atoms with Crippen LogP contribution in [0.4, 0.5) is 0 Å². The highest BCUT2D eigenvalue weighted by Gasteiger charge is 2.12. The van der Waals surface area contributed by atoms with Gasteiger partial charge in [-0.2, -0.15) is 0 Å². The van der Waals surface area contributed by atoms with Gasteiger partial charge in [-0.05, 0) is 28.8 Å². The highest BCUT2D eigenvalue weighted by atomic mass is 16.5. The van der Waals surface area contributed by atoms with Crippen molar-refractivity contribution in [3.8, 4) is 11.5 Å². The molecule has 2 aromatic rings. The van der Waals surface area contributed by atoms with E-state index in [-0.39, 0.29) is 5.91 Å². The number of hydrogen-bond acceptors (Lipinski definition) is 4. The molecule has 0 unspecified atom stereocenters. The van der Waals surface area contributed by atoms with E-state index in [2.05, 4.69) is 28.8 Å². The lowest BCUT2D eigenvalue weighted by Crippen LogP contribution is -2.23. The van der Waals surface area contributed by atoms with Gasteiger partial charge in [0.1, 0.15) is 11.5 Å². The lowest BCUT2D eigenvalue weighted by molar-refractivity contribution is 0.0950. The third kappa shape index (κ3) is 3.46. The Morgan fingerprint density at radius 1 is 1.04 bits per heavy atom. The average molecular weight is 312 g/mol. The molecule has 1 aliphatic heterocycles. The van der Waals surface area contributed by atoms with Gasteiger partial charge in [0.15, 0.2) is 0 Å². The first-order valence-electron chi connectivity index (χ1n) is 7.52. The monoisotopic (exact) mass is 312 g/mol. The number of rotatable bonds is 5. The number of hydrogen-bond donors (Lipinski definition) is 2. The van der Waals surface area contributed by atoms with Crippen molar-refractivity contribution in [2.75, 3.05) is 14.2 Å². The summed E-state index contributed by atoms with van der Waals surface area (Å²) in [5.74, 6) is 1.04. The number of fused-ring (bicyclic) bond motifs is 1. The molecule has 0 aliphatic carbocycles. The molecule has 0 fully saturated rings. The van der Waals surface area contributed by atoms with Gasteiger partial charge < -0.3 is 20.1 Å². The van der Waals surface area contributed by atoms with Crippen molar-refractivity contribution < 1.29 is 14.3 Å². The molecule has 1 heterocycles. The summed E-state index contributed by atoms with van der Waals surface area (Å²) in [7, 11) is 3.13. The minimum absolute atomic E-state index is 0.152. The molecule has 0 spiro atoms. The number of carbonyl (C=O) groups is 1. The number of carbonyl (C=O) groups excluding carboxylic acids is 1. The minimum Gasteiger partial charge on any atom is -0.497 e. The van der Waals surface area contributed by atoms with Crippen molar-refractivity contribution in [1.29, 1.82) is 0 Å². The molecule has 23 heavy (non-hydrogen) atoms. The Bertz CT molecular complexity index is 706. The molecule has 0 aromatic heterocycles. The minimum atomic E-state index is -0.152. The Hall–Kier alpha value is -2.53. The van der Waals surface area contributed by atoms with Gasteiger partial charge in [-0.25, -0.2) is 0 Å². The number of amides is 1. The maximum atomic E-state index is 12.4. The summed E-state index contributed by atoms with van der Waals surface area (Å²) < 4.78 is 10.4. The van der Waals surface area contributed by atoms with Gasteiger partial charge >= 0.3 is 0 Å². The van der Waals surface area contributed by atoms with Crippen molar-refractivity contribution >= 4 is 5.91 Å². The fraction of sp³-hybridized carbons (Fsp3) is 0.278. The number of nitrogens with one attached hydrogen (secondary N) is 2. The maximum absolute atomic E-state index is 12.4. The van der Waals surface area contributed by atoms with E-state index in [4.69, 9.17) is 9.47 Å². The van der Waals surface area contributed by atoms with E-state index in [1.807, 2.05) is 0 Å². The van der Waals surface area contributed by atoms with E-state index in [1.165, 1.54) is 11.1 Å². The van der Waals surface area contributed by atoms with Gasteiger partial charge in [0.2, 0.25) is 0 Å². The topological polar surface area (TPSA) is 59.6 Å². The van der Waals surface area contributed by atoms with Crippen LogP contribution in [-0.2, 0) is 19.6 Å². The van der Waals surface area contributed by atoms with E-state index in [0.29, 0.717) is 23.6 Å². The second-order valence-corrected chi connectivity index (χ2v) is 5.49. The van der Waals surface area contributed by atoms with Crippen LogP contribution in [0.5, 0.6) is 11.5 Å². The summed E-state index contributed by atoms with van der Waals surface area (Å²) in [6.45, 7) is 2.31. The van der Waals surface area contributed by atoms with Crippen LogP contribution < -0.4 is 20.1 Å². The first-order chi connectivity index (χ1) is 11.2. The van der Waals surface area contributed by atoms with Gasteiger partial charge in [0, 0.05) is 31.3 Å². The smallest absolute Gasteiger partial charge is 0.251 e. The van der Waals surface area contributed by atoms with Gasteiger partial charge in [-0.15, -0.1) is 0 Å². The number of methoxy groups -OCH3 is 2. The SMILES string of the molecule is COc1cc(OC)cc(C(=O)NCc2ccc3c(c2)CNC3)c1. The van der Waals surface area contributed by atoms with Gasteiger partial charge in [-0.3, -0.25) is 4.79 Å². The van der Waals surface area contributed by atoms with Crippen LogP contribution in [0.3, 0.4) is 0 Å². The van der Waals surface area contributed by atoms with Crippen LogP contribution in [-0.4, -0.2) is 20.1 Å². The molecule has 2 N–H and O–H groups in total. The zero-order chi connectivity index (χ0) is 16.2. The highest BCUT2D eigenvalue weighted by molar-refractivity contribution is 5.95. The van der Waals surface area contributed by atoms with E-state index >= 15 is 0 Å². The van der Waals surface area contributed by atoms with Crippen LogP contribution >= 0.6 is 0 Å². The van der Waals surface area contributed by atoms with Crippen molar-refractivity contribution in [2.45, 2.75) is 19.6 Å². The van der Waals surface area contributed by atoms with Gasteiger partial charge in [0.05, 0.1) is 14.2 Å². The largest absolute Gasteiger partial charge is 0.497 e. The molecule has 5 nitrogen and oxygen atoms in total. The van der Waals surface area contributed by atoms with E-state index in [1.54, 1.807) is 32.4 Å². The van der Waals surface area contributed by atoms with Gasteiger partial charge in [-0.1, -0.05) is 18.2 Å². The fourth-order valence-corrected chi connectivity index (χ4v) is 2.68. The van der Waals surface area contributed by atoms with Crippen LogP contribution in [0.25, 0.3) is 0 Å². The van der Waals surface area contributed by atoms with Gasteiger partial charge in [0.25, 0.3) is 5.91 Å². The Kier molecular flexibility index (Phi) is 4.48. The fourth-order valence-electron chi connectivity index (χ4n) is 2.68. The van der Waals surface area contributed by atoms with Crippen LogP contribution in [0, 0.1) is 0 Å². The first kappa shape index (κ1) is 15.4.